The lowest BCUT2D eigenvalue weighted by atomic mass is 10.1. The van der Waals surface area contributed by atoms with Crippen molar-refractivity contribution in [2.24, 2.45) is 0 Å². The molecule has 0 fully saturated rings. The van der Waals surface area contributed by atoms with Crippen molar-refractivity contribution in [1.29, 1.82) is 0 Å². The van der Waals surface area contributed by atoms with E-state index in [9.17, 15) is 14.7 Å². The zero-order chi connectivity index (χ0) is 17.1. The van der Waals surface area contributed by atoms with Gasteiger partial charge in [0.15, 0.2) is 0 Å². The Morgan fingerprint density at radius 2 is 1.86 bits per heavy atom. The summed E-state index contributed by atoms with van der Waals surface area (Å²) in [5, 5.41) is 10.1. The van der Waals surface area contributed by atoms with Crippen LogP contribution in [0.1, 0.15) is 26.3 Å². The van der Waals surface area contributed by atoms with E-state index in [-0.39, 0.29) is 6.42 Å². The number of carbonyl (C=O) groups excluding carboxylic acids is 1. The van der Waals surface area contributed by atoms with Gasteiger partial charge in [-0.25, -0.2) is 9.59 Å². The molecule has 0 aliphatic rings. The number of amides is 1. The number of carboxylic acid groups (broad SMARTS) is 1. The summed E-state index contributed by atoms with van der Waals surface area (Å²) in [5.74, 6) is -1.13. The fourth-order valence-electron chi connectivity index (χ4n) is 1.74. The summed E-state index contributed by atoms with van der Waals surface area (Å²) >= 11 is 11.8. The number of aliphatic carboxylic acids is 1. The van der Waals surface area contributed by atoms with Crippen molar-refractivity contribution in [3.05, 3.63) is 33.8 Å². The van der Waals surface area contributed by atoms with Crippen LogP contribution in [-0.2, 0) is 16.0 Å². The first-order valence-corrected chi connectivity index (χ1v) is 7.39. The van der Waals surface area contributed by atoms with Crippen molar-refractivity contribution in [2.75, 3.05) is 7.05 Å². The Balaban J connectivity index is 2.91. The Kier molecular flexibility index (Phi) is 6.08. The number of carboxylic acids is 1. The predicted molar refractivity (Wildman–Crippen MR) is 85.6 cm³/mol. The number of hydrogen-bond donors (Lipinski definition) is 1. The second-order valence-corrected chi connectivity index (χ2v) is 6.71. The molecule has 0 heterocycles. The average Bonchev–Trinajstić information content (AvgIpc) is 2.36. The van der Waals surface area contributed by atoms with E-state index in [1.807, 2.05) is 0 Å². The van der Waals surface area contributed by atoms with Gasteiger partial charge in [0.05, 0.1) is 10.0 Å². The molecule has 0 aromatic heterocycles. The Morgan fingerprint density at radius 3 is 2.32 bits per heavy atom. The van der Waals surface area contributed by atoms with Gasteiger partial charge in [-0.15, -0.1) is 0 Å². The van der Waals surface area contributed by atoms with Crippen LogP contribution in [0.2, 0.25) is 10.0 Å². The van der Waals surface area contributed by atoms with E-state index >= 15 is 0 Å². The van der Waals surface area contributed by atoms with Gasteiger partial charge < -0.3 is 9.84 Å². The summed E-state index contributed by atoms with van der Waals surface area (Å²) in [6.45, 7) is 5.15. The molecule has 0 radical (unpaired) electrons. The van der Waals surface area contributed by atoms with Gasteiger partial charge in [-0.1, -0.05) is 29.3 Å². The van der Waals surface area contributed by atoms with Gasteiger partial charge in [-0.05, 0) is 38.5 Å². The van der Waals surface area contributed by atoms with E-state index in [1.165, 1.54) is 7.05 Å². The lowest BCUT2D eigenvalue weighted by molar-refractivity contribution is -0.142. The Morgan fingerprint density at radius 1 is 1.27 bits per heavy atom. The van der Waals surface area contributed by atoms with Crippen molar-refractivity contribution in [3.63, 3.8) is 0 Å². The SMILES string of the molecule is CN(C(=O)OC(C)(C)C)[C@H](Cc1ccc(Cl)c(Cl)c1)C(=O)O. The Bertz CT molecular complexity index is 569. The van der Waals surface area contributed by atoms with Gasteiger partial charge >= 0.3 is 12.1 Å². The van der Waals surface area contributed by atoms with Crippen LogP contribution in [0.3, 0.4) is 0 Å². The van der Waals surface area contributed by atoms with Gasteiger partial charge in [0.25, 0.3) is 0 Å². The summed E-state index contributed by atoms with van der Waals surface area (Å²) in [4.78, 5) is 24.5. The van der Waals surface area contributed by atoms with Crippen molar-refractivity contribution < 1.29 is 19.4 Å². The minimum absolute atomic E-state index is 0.0992. The molecule has 0 bridgehead atoms. The minimum atomic E-state index is -1.13. The molecule has 7 heteroatoms. The number of benzene rings is 1. The molecule has 1 aromatic rings. The van der Waals surface area contributed by atoms with E-state index in [4.69, 9.17) is 27.9 Å². The lowest BCUT2D eigenvalue weighted by Gasteiger charge is -2.28. The molecular weight excluding hydrogens is 329 g/mol. The quantitative estimate of drug-likeness (QED) is 0.897. The van der Waals surface area contributed by atoms with Crippen molar-refractivity contribution in [1.82, 2.24) is 4.90 Å². The summed E-state index contributed by atoms with van der Waals surface area (Å²) in [7, 11) is 1.39. The highest BCUT2D eigenvalue weighted by atomic mass is 35.5. The fraction of sp³-hybridized carbons (Fsp3) is 0.467. The summed E-state index contributed by atoms with van der Waals surface area (Å²) in [5.41, 5.74) is -0.0324. The molecular formula is C15H19Cl2NO4. The maximum Gasteiger partial charge on any atom is 0.410 e. The van der Waals surface area contributed by atoms with Crippen LogP contribution >= 0.6 is 23.2 Å². The summed E-state index contributed by atoms with van der Waals surface area (Å²) in [6, 6.07) is 3.79. The molecule has 0 aliphatic carbocycles. The normalized spacial score (nSPS) is 12.6. The second kappa shape index (κ2) is 7.20. The number of halogens is 2. The monoisotopic (exact) mass is 347 g/mol. The molecule has 22 heavy (non-hydrogen) atoms. The summed E-state index contributed by atoms with van der Waals surface area (Å²) < 4.78 is 5.19. The van der Waals surface area contributed by atoms with E-state index in [0.717, 1.165) is 4.90 Å². The third kappa shape index (κ3) is 5.39. The number of carbonyl (C=O) groups is 2. The second-order valence-electron chi connectivity index (χ2n) is 5.90. The van der Waals surface area contributed by atoms with Crippen LogP contribution in [0.25, 0.3) is 0 Å². The molecule has 0 spiro atoms. The third-order valence-corrected chi connectivity index (χ3v) is 3.59. The number of likely N-dealkylation sites (N-methyl/N-ethyl adjacent to an activating group) is 1. The standard InChI is InChI=1S/C15H19Cl2NO4/c1-15(2,3)22-14(21)18(4)12(13(19)20)8-9-5-6-10(16)11(17)7-9/h5-7,12H,8H2,1-4H3,(H,19,20)/t12-/m1/s1. The highest BCUT2D eigenvalue weighted by Gasteiger charge is 2.30. The van der Waals surface area contributed by atoms with Crippen LogP contribution < -0.4 is 0 Å². The van der Waals surface area contributed by atoms with Gasteiger partial charge in [-0.3, -0.25) is 4.90 Å². The number of ether oxygens (including phenoxy) is 1. The molecule has 5 nitrogen and oxygen atoms in total. The number of rotatable bonds is 4. The van der Waals surface area contributed by atoms with Gasteiger partial charge in [0, 0.05) is 13.5 Å². The third-order valence-electron chi connectivity index (χ3n) is 2.85. The molecule has 0 saturated heterocycles. The topological polar surface area (TPSA) is 66.8 Å². The number of nitrogens with zero attached hydrogens (tertiary/aromatic N) is 1. The predicted octanol–water partition coefficient (Wildman–Crippen LogP) is 3.86. The van der Waals surface area contributed by atoms with Gasteiger partial charge in [-0.2, -0.15) is 0 Å². The average molecular weight is 348 g/mol. The molecule has 1 atom stereocenters. The van der Waals surface area contributed by atoms with Crippen LogP contribution in [0.4, 0.5) is 4.79 Å². The van der Waals surface area contributed by atoms with E-state index in [2.05, 4.69) is 0 Å². The molecule has 1 aromatic carbocycles. The van der Waals surface area contributed by atoms with E-state index in [0.29, 0.717) is 15.6 Å². The number of hydrogen-bond acceptors (Lipinski definition) is 3. The van der Waals surface area contributed by atoms with E-state index in [1.54, 1.807) is 39.0 Å². The maximum atomic E-state index is 12.0. The van der Waals surface area contributed by atoms with Crippen molar-refractivity contribution in [3.8, 4) is 0 Å². The zero-order valence-electron chi connectivity index (χ0n) is 12.9. The van der Waals surface area contributed by atoms with Crippen molar-refractivity contribution in [2.45, 2.75) is 38.8 Å². The van der Waals surface area contributed by atoms with Crippen LogP contribution in [0.15, 0.2) is 18.2 Å². The summed E-state index contributed by atoms with van der Waals surface area (Å²) in [6.07, 6.45) is -0.595. The Hall–Kier alpha value is -1.46. The largest absolute Gasteiger partial charge is 0.480 e. The molecule has 122 valence electrons. The fourth-order valence-corrected chi connectivity index (χ4v) is 2.06. The Labute approximate surface area is 139 Å². The van der Waals surface area contributed by atoms with E-state index < -0.39 is 23.7 Å². The molecule has 0 aliphatic heterocycles. The molecule has 1 amide bonds. The molecule has 1 N–H and O–H groups in total. The highest BCUT2D eigenvalue weighted by Crippen LogP contribution is 2.24. The molecule has 0 saturated carbocycles. The highest BCUT2D eigenvalue weighted by molar-refractivity contribution is 6.42. The first kappa shape index (κ1) is 18.6. The van der Waals surface area contributed by atoms with Crippen LogP contribution in [0.5, 0.6) is 0 Å². The first-order valence-electron chi connectivity index (χ1n) is 6.64. The van der Waals surface area contributed by atoms with Gasteiger partial charge in [0.2, 0.25) is 0 Å². The van der Waals surface area contributed by atoms with Gasteiger partial charge in [0.1, 0.15) is 11.6 Å². The smallest absolute Gasteiger partial charge is 0.410 e. The first-order chi connectivity index (χ1) is 10.0. The lowest BCUT2D eigenvalue weighted by Crippen LogP contribution is -2.46. The molecule has 0 unspecified atom stereocenters. The zero-order valence-corrected chi connectivity index (χ0v) is 14.4. The molecule has 1 rings (SSSR count). The van der Waals surface area contributed by atoms with Crippen molar-refractivity contribution >= 4 is 35.3 Å². The minimum Gasteiger partial charge on any atom is -0.480 e. The van der Waals surface area contributed by atoms with Crippen LogP contribution in [0, 0.1) is 0 Å². The van der Waals surface area contributed by atoms with Crippen LogP contribution in [-0.4, -0.2) is 40.8 Å². The maximum absolute atomic E-state index is 12.0.